The number of anilines is 1. The Hall–Kier alpha value is -1.73. The van der Waals surface area contributed by atoms with Crippen LogP contribution in [-0.2, 0) is 0 Å². The molecule has 7 heteroatoms. The van der Waals surface area contributed by atoms with Crippen molar-refractivity contribution >= 4 is 35.2 Å². The highest BCUT2D eigenvalue weighted by molar-refractivity contribution is 7.80. The molecule has 19 heavy (non-hydrogen) atoms. The SMILES string of the molecule is Cc1ccc(NC(=S)Nn2c(C)n[nH]c2=S)c(C)c1. The number of thiocarbonyl (C=S) groups is 1. The van der Waals surface area contributed by atoms with Crippen molar-refractivity contribution in [2.75, 3.05) is 10.7 Å². The van der Waals surface area contributed by atoms with Crippen LogP contribution in [-0.4, -0.2) is 20.0 Å². The lowest BCUT2D eigenvalue weighted by Crippen LogP contribution is -2.28. The Morgan fingerprint density at radius 1 is 1.32 bits per heavy atom. The first kappa shape index (κ1) is 13.7. The molecule has 0 aliphatic heterocycles. The van der Waals surface area contributed by atoms with E-state index in [1.165, 1.54) is 5.56 Å². The largest absolute Gasteiger partial charge is 0.331 e. The third kappa shape index (κ3) is 3.18. The molecule has 0 spiro atoms. The van der Waals surface area contributed by atoms with Gasteiger partial charge >= 0.3 is 0 Å². The number of hydrogen-bond acceptors (Lipinski definition) is 3. The van der Waals surface area contributed by atoms with Crippen LogP contribution in [0.1, 0.15) is 17.0 Å². The summed E-state index contributed by atoms with van der Waals surface area (Å²) in [4.78, 5) is 0. The summed E-state index contributed by atoms with van der Waals surface area (Å²) < 4.78 is 2.09. The van der Waals surface area contributed by atoms with Gasteiger partial charge in [0.1, 0.15) is 5.82 Å². The van der Waals surface area contributed by atoms with Gasteiger partial charge in [0.25, 0.3) is 0 Å². The first-order valence-corrected chi connectivity index (χ1v) is 6.58. The van der Waals surface area contributed by atoms with Crippen molar-refractivity contribution < 1.29 is 0 Å². The topological polar surface area (TPSA) is 57.7 Å². The van der Waals surface area contributed by atoms with Crippen LogP contribution in [0.25, 0.3) is 0 Å². The van der Waals surface area contributed by atoms with Gasteiger partial charge in [0.05, 0.1) is 0 Å². The van der Waals surface area contributed by atoms with E-state index >= 15 is 0 Å². The molecule has 2 aromatic rings. The van der Waals surface area contributed by atoms with Crippen LogP contribution in [0, 0.1) is 25.5 Å². The highest BCUT2D eigenvalue weighted by Crippen LogP contribution is 2.15. The van der Waals surface area contributed by atoms with Gasteiger partial charge in [0.15, 0.2) is 5.11 Å². The van der Waals surface area contributed by atoms with E-state index in [2.05, 4.69) is 33.9 Å². The second-order valence-corrected chi connectivity index (χ2v) is 5.09. The lowest BCUT2D eigenvalue weighted by molar-refractivity contribution is 0.900. The van der Waals surface area contributed by atoms with Crippen molar-refractivity contribution in [1.82, 2.24) is 14.9 Å². The van der Waals surface area contributed by atoms with Crippen molar-refractivity contribution in [3.05, 3.63) is 39.9 Å². The molecule has 0 unspecified atom stereocenters. The number of aryl methyl sites for hydroxylation is 3. The van der Waals surface area contributed by atoms with E-state index in [4.69, 9.17) is 24.4 Å². The highest BCUT2D eigenvalue weighted by Gasteiger charge is 2.05. The predicted molar refractivity (Wildman–Crippen MR) is 83.6 cm³/mol. The van der Waals surface area contributed by atoms with E-state index in [1.807, 2.05) is 26.0 Å². The molecule has 3 N–H and O–H groups in total. The number of nitrogens with one attached hydrogen (secondary N) is 3. The molecule has 0 fully saturated rings. The number of hydrogen-bond donors (Lipinski definition) is 3. The predicted octanol–water partition coefficient (Wildman–Crippen LogP) is 2.81. The van der Waals surface area contributed by atoms with Crippen molar-refractivity contribution in [3.63, 3.8) is 0 Å². The molecule has 1 heterocycles. The molecule has 0 aliphatic carbocycles. The summed E-state index contributed by atoms with van der Waals surface area (Å²) in [5.41, 5.74) is 6.31. The number of rotatable bonds is 2. The third-order valence-corrected chi connectivity index (χ3v) is 3.15. The maximum Gasteiger partial charge on any atom is 0.214 e. The molecular weight excluding hydrogens is 278 g/mol. The fourth-order valence-corrected chi connectivity index (χ4v) is 2.14. The Bertz CT molecular complexity index is 671. The molecule has 5 nitrogen and oxygen atoms in total. The number of H-pyrrole nitrogens is 1. The van der Waals surface area contributed by atoms with Crippen molar-refractivity contribution in [3.8, 4) is 0 Å². The van der Waals surface area contributed by atoms with Gasteiger partial charge in [0, 0.05) is 5.69 Å². The summed E-state index contributed by atoms with van der Waals surface area (Å²) in [6, 6.07) is 6.13. The molecule has 0 radical (unpaired) electrons. The standard InChI is InChI=1S/C12H15N5S2/c1-7-4-5-10(8(2)6-7)13-11(18)16-17-9(3)14-15-12(17)19/h4-6H,1-3H3,(H,15,19)(H2,13,16,18). The minimum absolute atomic E-state index is 0.465. The summed E-state index contributed by atoms with van der Waals surface area (Å²) in [6.07, 6.45) is 0. The van der Waals surface area contributed by atoms with Gasteiger partial charge in [-0.05, 0) is 56.8 Å². The average Bonchev–Trinajstić information content (AvgIpc) is 2.65. The number of benzene rings is 1. The zero-order valence-electron chi connectivity index (χ0n) is 10.9. The lowest BCUT2D eigenvalue weighted by Gasteiger charge is -2.13. The van der Waals surface area contributed by atoms with Crippen molar-refractivity contribution in [2.24, 2.45) is 0 Å². The number of nitrogens with zero attached hydrogens (tertiary/aromatic N) is 2. The second kappa shape index (κ2) is 5.50. The van der Waals surface area contributed by atoms with Crippen molar-refractivity contribution in [1.29, 1.82) is 0 Å². The van der Waals surface area contributed by atoms with Gasteiger partial charge in [-0.1, -0.05) is 17.7 Å². The summed E-state index contributed by atoms with van der Waals surface area (Å²) >= 11 is 10.4. The zero-order chi connectivity index (χ0) is 14.0. The Morgan fingerprint density at radius 2 is 2.05 bits per heavy atom. The summed E-state index contributed by atoms with van der Waals surface area (Å²) in [5.74, 6) is 0.717. The molecule has 2 rings (SSSR count). The first-order chi connectivity index (χ1) is 8.97. The van der Waals surface area contributed by atoms with E-state index < -0.39 is 0 Å². The van der Waals surface area contributed by atoms with Crippen LogP contribution in [0.15, 0.2) is 18.2 Å². The Balaban J connectivity index is 2.12. The molecule has 1 aromatic heterocycles. The number of aromatic nitrogens is 3. The third-order valence-electron chi connectivity index (χ3n) is 2.68. The molecule has 100 valence electrons. The molecule has 0 atom stereocenters. The maximum absolute atomic E-state index is 5.26. The smallest absolute Gasteiger partial charge is 0.214 e. The van der Waals surface area contributed by atoms with E-state index in [0.29, 0.717) is 9.88 Å². The van der Waals surface area contributed by atoms with E-state index in [0.717, 1.165) is 17.1 Å². The van der Waals surface area contributed by atoms with E-state index in [-0.39, 0.29) is 0 Å². The average molecular weight is 293 g/mol. The van der Waals surface area contributed by atoms with Gasteiger partial charge in [-0.15, -0.1) is 0 Å². The van der Waals surface area contributed by atoms with Crippen LogP contribution >= 0.6 is 24.4 Å². The lowest BCUT2D eigenvalue weighted by atomic mass is 10.1. The van der Waals surface area contributed by atoms with Gasteiger partial charge in [-0.25, -0.2) is 4.68 Å². The van der Waals surface area contributed by atoms with Crippen LogP contribution in [0.5, 0.6) is 0 Å². The Morgan fingerprint density at radius 3 is 2.63 bits per heavy atom. The normalized spacial score (nSPS) is 10.3. The van der Waals surface area contributed by atoms with Crippen LogP contribution in [0.4, 0.5) is 5.69 Å². The van der Waals surface area contributed by atoms with Crippen LogP contribution in [0.3, 0.4) is 0 Å². The monoisotopic (exact) mass is 293 g/mol. The van der Waals surface area contributed by atoms with Crippen molar-refractivity contribution in [2.45, 2.75) is 20.8 Å². The maximum atomic E-state index is 5.26. The molecule has 0 saturated carbocycles. The van der Waals surface area contributed by atoms with E-state index in [9.17, 15) is 0 Å². The van der Waals surface area contributed by atoms with Crippen LogP contribution < -0.4 is 10.7 Å². The van der Waals surface area contributed by atoms with E-state index in [1.54, 1.807) is 4.68 Å². The van der Waals surface area contributed by atoms with Crippen LogP contribution in [0.2, 0.25) is 0 Å². The quantitative estimate of drug-likeness (QED) is 0.743. The zero-order valence-corrected chi connectivity index (χ0v) is 12.6. The molecule has 0 aliphatic rings. The molecule has 0 amide bonds. The Kier molecular flexibility index (Phi) is 3.96. The van der Waals surface area contributed by atoms with Gasteiger partial charge in [-0.2, -0.15) is 5.10 Å². The highest BCUT2D eigenvalue weighted by atomic mass is 32.1. The number of aromatic amines is 1. The molecular formula is C12H15N5S2. The van der Waals surface area contributed by atoms with Gasteiger partial charge in [0.2, 0.25) is 4.77 Å². The summed E-state index contributed by atoms with van der Waals surface area (Å²) in [5, 5.41) is 10.3. The van der Waals surface area contributed by atoms with Gasteiger partial charge < -0.3 is 5.32 Å². The van der Waals surface area contributed by atoms with Gasteiger partial charge in [-0.3, -0.25) is 10.5 Å². The fourth-order valence-electron chi connectivity index (χ4n) is 1.71. The molecule has 0 bridgehead atoms. The molecule has 0 saturated heterocycles. The second-order valence-electron chi connectivity index (χ2n) is 4.30. The Labute approximate surface area is 122 Å². The summed E-state index contributed by atoms with van der Waals surface area (Å²) in [7, 11) is 0. The summed E-state index contributed by atoms with van der Waals surface area (Å²) in [6.45, 7) is 5.92. The fraction of sp³-hybridized carbons (Fsp3) is 0.250. The first-order valence-electron chi connectivity index (χ1n) is 5.76. The molecule has 1 aromatic carbocycles. The minimum Gasteiger partial charge on any atom is -0.331 e. The minimum atomic E-state index is 0.465.